The SMILES string of the molecule is COc1ccc2c(c1)C(CC(=O)O)=C(C)/C2=C\c1cccc(Cl)c1. The predicted octanol–water partition coefficient (Wildman–Crippen LogP) is 5.15. The Morgan fingerprint density at radius 2 is 2.00 bits per heavy atom. The van der Waals surface area contributed by atoms with Gasteiger partial charge in [0.2, 0.25) is 0 Å². The van der Waals surface area contributed by atoms with Gasteiger partial charge in [0.15, 0.2) is 0 Å². The monoisotopic (exact) mass is 340 g/mol. The fraction of sp³-hybridized carbons (Fsp3) is 0.150. The summed E-state index contributed by atoms with van der Waals surface area (Å²) in [5, 5.41) is 9.92. The number of halogens is 1. The zero-order chi connectivity index (χ0) is 17.3. The summed E-state index contributed by atoms with van der Waals surface area (Å²) in [7, 11) is 1.60. The normalized spacial score (nSPS) is 14.9. The van der Waals surface area contributed by atoms with Crippen LogP contribution in [0.25, 0.3) is 17.2 Å². The zero-order valence-electron chi connectivity index (χ0n) is 13.5. The Balaban J connectivity index is 2.17. The average Bonchev–Trinajstić information content (AvgIpc) is 2.79. The average molecular weight is 341 g/mol. The van der Waals surface area contributed by atoms with Gasteiger partial charge in [0.25, 0.3) is 0 Å². The first kappa shape index (κ1) is 16.3. The van der Waals surface area contributed by atoms with Gasteiger partial charge in [-0.3, -0.25) is 4.79 Å². The van der Waals surface area contributed by atoms with Crippen molar-refractivity contribution in [3.63, 3.8) is 0 Å². The van der Waals surface area contributed by atoms with Crippen LogP contribution < -0.4 is 4.74 Å². The molecule has 24 heavy (non-hydrogen) atoms. The zero-order valence-corrected chi connectivity index (χ0v) is 14.2. The Morgan fingerprint density at radius 1 is 1.21 bits per heavy atom. The second-order valence-electron chi connectivity index (χ2n) is 5.70. The summed E-state index contributed by atoms with van der Waals surface area (Å²) < 4.78 is 5.29. The second-order valence-corrected chi connectivity index (χ2v) is 6.14. The maximum Gasteiger partial charge on any atom is 0.307 e. The van der Waals surface area contributed by atoms with Gasteiger partial charge in [-0.15, -0.1) is 0 Å². The van der Waals surface area contributed by atoms with Crippen molar-refractivity contribution in [3.8, 4) is 5.75 Å². The molecule has 1 aliphatic carbocycles. The van der Waals surface area contributed by atoms with E-state index in [2.05, 4.69) is 0 Å². The number of allylic oxidation sites excluding steroid dienone is 2. The molecule has 0 atom stereocenters. The van der Waals surface area contributed by atoms with E-state index < -0.39 is 5.97 Å². The largest absolute Gasteiger partial charge is 0.497 e. The third-order valence-electron chi connectivity index (χ3n) is 4.19. The predicted molar refractivity (Wildman–Crippen MR) is 97.2 cm³/mol. The summed E-state index contributed by atoms with van der Waals surface area (Å²) in [5.74, 6) is -0.129. The topological polar surface area (TPSA) is 46.5 Å². The summed E-state index contributed by atoms with van der Waals surface area (Å²) in [4.78, 5) is 11.3. The molecule has 0 saturated heterocycles. The van der Waals surface area contributed by atoms with Gasteiger partial charge in [-0.05, 0) is 70.7 Å². The van der Waals surface area contributed by atoms with Crippen LogP contribution in [-0.4, -0.2) is 18.2 Å². The molecular formula is C20H17ClO3. The van der Waals surface area contributed by atoms with Crippen LogP contribution >= 0.6 is 11.6 Å². The van der Waals surface area contributed by atoms with E-state index in [1.807, 2.05) is 55.5 Å². The van der Waals surface area contributed by atoms with E-state index >= 15 is 0 Å². The highest BCUT2D eigenvalue weighted by Gasteiger charge is 2.25. The number of methoxy groups -OCH3 is 1. The number of fused-ring (bicyclic) bond motifs is 1. The summed E-state index contributed by atoms with van der Waals surface area (Å²) in [6.45, 7) is 1.96. The van der Waals surface area contributed by atoms with Gasteiger partial charge in [0, 0.05) is 5.02 Å². The Hall–Kier alpha value is -2.52. The molecule has 4 heteroatoms. The first-order valence-corrected chi connectivity index (χ1v) is 7.95. The van der Waals surface area contributed by atoms with Crippen molar-refractivity contribution in [1.29, 1.82) is 0 Å². The molecule has 0 radical (unpaired) electrons. The minimum absolute atomic E-state index is 0.0150. The van der Waals surface area contributed by atoms with Crippen LogP contribution in [0.15, 0.2) is 48.0 Å². The molecule has 1 N–H and O–H groups in total. The third-order valence-corrected chi connectivity index (χ3v) is 4.42. The van der Waals surface area contributed by atoms with Gasteiger partial charge in [-0.1, -0.05) is 29.8 Å². The number of hydrogen-bond donors (Lipinski definition) is 1. The van der Waals surface area contributed by atoms with Gasteiger partial charge < -0.3 is 9.84 Å². The maximum atomic E-state index is 11.3. The molecule has 0 aromatic heterocycles. The van der Waals surface area contributed by atoms with E-state index in [1.54, 1.807) is 7.11 Å². The summed E-state index contributed by atoms with van der Waals surface area (Å²) in [6.07, 6.45) is 2.03. The molecular weight excluding hydrogens is 324 g/mol. The molecule has 0 heterocycles. The molecule has 0 saturated carbocycles. The lowest BCUT2D eigenvalue weighted by molar-refractivity contribution is -0.135. The number of rotatable bonds is 4. The molecule has 3 nitrogen and oxygen atoms in total. The molecule has 0 bridgehead atoms. The van der Waals surface area contributed by atoms with E-state index in [4.69, 9.17) is 16.3 Å². The standard InChI is InChI=1S/C20H17ClO3/c1-12-17(9-13-4-3-5-14(21)8-13)16-7-6-15(24-2)10-19(16)18(12)11-20(22)23/h3-10H,11H2,1-2H3,(H,22,23)/b17-9+. The van der Waals surface area contributed by atoms with Gasteiger partial charge in [0.1, 0.15) is 5.75 Å². The molecule has 2 aromatic rings. The van der Waals surface area contributed by atoms with Crippen LogP contribution in [0.3, 0.4) is 0 Å². The smallest absolute Gasteiger partial charge is 0.307 e. The molecule has 0 spiro atoms. The highest BCUT2D eigenvalue weighted by Crippen LogP contribution is 2.44. The lowest BCUT2D eigenvalue weighted by atomic mass is 10.0. The quantitative estimate of drug-likeness (QED) is 0.837. The van der Waals surface area contributed by atoms with Crippen LogP contribution in [0.1, 0.15) is 30.0 Å². The van der Waals surface area contributed by atoms with Gasteiger partial charge in [0.05, 0.1) is 13.5 Å². The van der Waals surface area contributed by atoms with Crippen molar-refractivity contribution < 1.29 is 14.6 Å². The highest BCUT2D eigenvalue weighted by molar-refractivity contribution is 6.30. The van der Waals surface area contributed by atoms with Gasteiger partial charge in [-0.25, -0.2) is 0 Å². The minimum atomic E-state index is -0.845. The van der Waals surface area contributed by atoms with Crippen molar-refractivity contribution in [3.05, 3.63) is 69.8 Å². The van der Waals surface area contributed by atoms with Crippen LogP contribution in [0, 0.1) is 0 Å². The van der Waals surface area contributed by atoms with Crippen molar-refractivity contribution in [2.24, 2.45) is 0 Å². The van der Waals surface area contributed by atoms with Crippen LogP contribution in [0.5, 0.6) is 5.75 Å². The third kappa shape index (κ3) is 3.08. The minimum Gasteiger partial charge on any atom is -0.497 e. The first-order chi connectivity index (χ1) is 11.5. The number of carboxylic acids is 1. The Bertz CT molecular complexity index is 878. The fourth-order valence-corrected chi connectivity index (χ4v) is 3.23. The Labute approximate surface area is 145 Å². The lowest BCUT2D eigenvalue weighted by Gasteiger charge is -2.07. The molecule has 3 rings (SSSR count). The second kappa shape index (κ2) is 6.54. The Morgan fingerprint density at radius 3 is 2.67 bits per heavy atom. The highest BCUT2D eigenvalue weighted by atomic mass is 35.5. The summed E-state index contributed by atoms with van der Waals surface area (Å²) in [6, 6.07) is 13.4. The molecule has 0 unspecified atom stereocenters. The van der Waals surface area contributed by atoms with Crippen LogP contribution in [0.2, 0.25) is 5.02 Å². The van der Waals surface area contributed by atoms with Crippen molar-refractivity contribution >= 4 is 34.8 Å². The number of hydrogen-bond acceptors (Lipinski definition) is 2. The van der Waals surface area contributed by atoms with E-state index in [-0.39, 0.29) is 6.42 Å². The molecule has 0 aliphatic heterocycles. The number of aliphatic carboxylic acids is 1. The van der Waals surface area contributed by atoms with Crippen LogP contribution in [0.4, 0.5) is 0 Å². The van der Waals surface area contributed by atoms with Crippen LogP contribution in [-0.2, 0) is 4.79 Å². The van der Waals surface area contributed by atoms with Gasteiger partial charge in [-0.2, -0.15) is 0 Å². The maximum absolute atomic E-state index is 11.3. The van der Waals surface area contributed by atoms with Crippen molar-refractivity contribution in [2.75, 3.05) is 7.11 Å². The lowest BCUT2D eigenvalue weighted by Crippen LogP contribution is -1.97. The van der Waals surface area contributed by atoms with Crippen molar-refractivity contribution in [1.82, 2.24) is 0 Å². The molecule has 1 aliphatic rings. The fourth-order valence-electron chi connectivity index (χ4n) is 3.03. The molecule has 122 valence electrons. The van der Waals surface area contributed by atoms with E-state index in [0.717, 1.165) is 33.4 Å². The van der Waals surface area contributed by atoms with E-state index in [1.165, 1.54) is 0 Å². The number of carboxylic acid groups (broad SMARTS) is 1. The first-order valence-electron chi connectivity index (χ1n) is 7.57. The summed E-state index contributed by atoms with van der Waals surface area (Å²) in [5.41, 5.74) is 5.73. The Kier molecular flexibility index (Phi) is 4.45. The number of benzene rings is 2. The van der Waals surface area contributed by atoms with Gasteiger partial charge >= 0.3 is 5.97 Å². The molecule has 0 amide bonds. The van der Waals surface area contributed by atoms with E-state index in [0.29, 0.717) is 10.8 Å². The van der Waals surface area contributed by atoms with E-state index in [9.17, 15) is 9.90 Å². The summed E-state index contributed by atoms with van der Waals surface area (Å²) >= 11 is 6.07. The van der Waals surface area contributed by atoms with Crippen molar-refractivity contribution in [2.45, 2.75) is 13.3 Å². The number of carbonyl (C=O) groups is 1. The number of ether oxygens (including phenoxy) is 1. The molecule has 2 aromatic carbocycles. The molecule has 0 fully saturated rings.